The molecule has 0 N–H and O–H groups in total. The first-order chi connectivity index (χ1) is 17.3. The summed E-state index contributed by atoms with van der Waals surface area (Å²) in [5, 5.41) is 4.20. The van der Waals surface area contributed by atoms with Crippen molar-refractivity contribution in [3.8, 4) is 22.5 Å². The van der Waals surface area contributed by atoms with Crippen LogP contribution < -0.4 is 0 Å². The van der Waals surface area contributed by atoms with Gasteiger partial charge in [-0.1, -0.05) is 48.5 Å². The lowest BCUT2D eigenvalue weighted by Gasteiger charge is -2.05. The Morgan fingerprint density at radius 2 is 1.43 bits per heavy atom. The second-order valence-corrected chi connectivity index (χ2v) is 8.73. The fraction of sp³-hybridized carbons (Fsp3) is 0. The van der Waals surface area contributed by atoms with Crippen molar-refractivity contribution in [2.24, 2.45) is 0 Å². The maximum absolute atomic E-state index is 6.39. The monoisotopic (exact) mass is 451 g/mol. The van der Waals surface area contributed by atoms with Gasteiger partial charge in [-0.2, -0.15) is 0 Å². The molecule has 0 radical (unpaired) electrons. The lowest BCUT2D eigenvalue weighted by molar-refractivity contribution is 0.663. The smallest absolute Gasteiger partial charge is 0.147 e. The molecule has 3 aromatic carbocycles. The van der Waals surface area contributed by atoms with Gasteiger partial charge in [-0.05, 0) is 36.4 Å². The number of pyridine rings is 2. The summed E-state index contributed by atoms with van der Waals surface area (Å²) >= 11 is 0. The van der Waals surface area contributed by atoms with E-state index in [4.69, 9.17) is 18.8 Å². The van der Waals surface area contributed by atoms with E-state index in [0.29, 0.717) is 0 Å². The lowest BCUT2D eigenvalue weighted by Crippen LogP contribution is -1.86. The van der Waals surface area contributed by atoms with E-state index in [-0.39, 0.29) is 0 Å². The van der Waals surface area contributed by atoms with E-state index in [2.05, 4.69) is 24.3 Å². The summed E-state index contributed by atoms with van der Waals surface area (Å²) in [6.45, 7) is 0. The summed E-state index contributed by atoms with van der Waals surface area (Å²) in [5.74, 6) is 0. The number of imidazole rings is 1. The summed E-state index contributed by atoms with van der Waals surface area (Å²) in [5.41, 5.74) is 7.90. The van der Waals surface area contributed by atoms with Gasteiger partial charge in [-0.25, -0.2) is 4.98 Å². The van der Waals surface area contributed by atoms with E-state index in [9.17, 15) is 0 Å². The fourth-order valence-electron chi connectivity index (χ4n) is 5.04. The standard InChI is InChI=1S/C30H17N3O2/c1-3-9-25-19(7-1)22-15-21(29-28(30(22)34-25)20-8-2-4-10-26(20)35-29)18-12-13-23(31-16-18)24-17-33-14-6-5-11-27(33)32-24/h1-17H. The minimum absolute atomic E-state index is 0.806. The molecular formula is C30H17N3O2. The number of furan rings is 2. The van der Waals surface area contributed by atoms with Gasteiger partial charge >= 0.3 is 0 Å². The Hall–Kier alpha value is -4.90. The molecular weight excluding hydrogens is 434 g/mol. The van der Waals surface area contributed by atoms with Crippen LogP contribution in [0, 0.1) is 0 Å². The number of benzene rings is 3. The molecule has 0 amide bonds. The Morgan fingerprint density at radius 3 is 2.26 bits per heavy atom. The molecule has 0 aliphatic carbocycles. The number of fused-ring (bicyclic) bond motifs is 8. The van der Waals surface area contributed by atoms with Gasteiger partial charge in [0.15, 0.2) is 0 Å². The van der Waals surface area contributed by atoms with Crippen molar-refractivity contribution in [2.75, 3.05) is 0 Å². The van der Waals surface area contributed by atoms with Crippen molar-refractivity contribution in [1.29, 1.82) is 0 Å². The molecule has 0 saturated carbocycles. The van der Waals surface area contributed by atoms with Crippen LogP contribution in [-0.4, -0.2) is 14.4 Å². The van der Waals surface area contributed by atoms with Gasteiger partial charge in [-0.3, -0.25) is 4.98 Å². The molecule has 0 spiro atoms. The lowest BCUT2D eigenvalue weighted by atomic mass is 9.99. The normalized spacial score (nSPS) is 12.0. The Balaban J connectivity index is 1.38. The van der Waals surface area contributed by atoms with Crippen LogP contribution >= 0.6 is 0 Å². The van der Waals surface area contributed by atoms with E-state index in [0.717, 1.165) is 72.0 Å². The molecule has 5 aromatic heterocycles. The third kappa shape index (κ3) is 2.63. The molecule has 0 unspecified atom stereocenters. The maximum atomic E-state index is 6.39. The quantitative estimate of drug-likeness (QED) is 0.268. The van der Waals surface area contributed by atoms with Crippen molar-refractivity contribution in [3.63, 3.8) is 0 Å². The van der Waals surface area contributed by atoms with Crippen LogP contribution in [0.25, 0.3) is 72.0 Å². The van der Waals surface area contributed by atoms with E-state index < -0.39 is 0 Å². The Labute approximate surface area is 198 Å². The second-order valence-electron chi connectivity index (χ2n) is 8.73. The van der Waals surface area contributed by atoms with Crippen molar-refractivity contribution >= 4 is 49.5 Å². The molecule has 0 bridgehead atoms. The van der Waals surface area contributed by atoms with Crippen LogP contribution in [-0.2, 0) is 0 Å². The zero-order valence-electron chi connectivity index (χ0n) is 18.5. The summed E-state index contributed by atoms with van der Waals surface area (Å²) in [6, 6.07) is 28.5. The molecule has 5 nitrogen and oxygen atoms in total. The molecule has 164 valence electrons. The molecule has 8 aromatic rings. The van der Waals surface area contributed by atoms with Crippen molar-refractivity contribution in [2.45, 2.75) is 0 Å². The number of aromatic nitrogens is 3. The highest BCUT2D eigenvalue weighted by atomic mass is 16.3. The van der Waals surface area contributed by atoms with Crippen LogP contribution in [0.1, 0.15) is 0 Å². The van der Waals surface area contributed by atoms with E-state index >= 15 is 0 Å². The van der Waals surface area contributed by atoms with Crippen LogP contribution in [0.15, 0.2) is 112 Å². The Morgan fingerprint density at radius 1 is 0.657 bits per heavy atom. The fourth-order valence-corrected chi connectivity index (χ4v) is 5.04. The minimum atomic E-state index is 0.806. The van der Waals surface area contributed by atoms with Gasteiger partial charge in [0.25, 0.3) is 0 Å². The van der Waals surface area contributed by atoms with Crippen molar-refractivity contribution < 1.29 is 8.83 Å². The highest BCUT2D eigenvalue weighted by Crippen LogP contribution is 2.43. The zero-order chi connectivity index (χ0) is 22.9. The average molecular weight is 451 g/mol. The highest BCUT2D eigenvalue weighted by Gasteiger charge is 2.20. The zero-order valence-corrected chi connectivity index (χ0v) is 18.5. The van der Waals surface area contributed by atoms with E-state index in [1.165, 1.54) is 0 Å². The highest BCUT2D eigenvalue weighted by molar-refractivity contribution is 6.25. The molecule has 0 aliphatic rings. The first-order valence-corrected chi connectivity index (χ1v) is 11.5. The molecule has 8 rings (SSSR count). The molecule has 0 saturated heterocycles. The van der Waals surface area contributed by atoms with E-state index in [1.54, 1.807) is 0 Å². The minimum Gasteiger partial charge on any atom is -0.455 e. The summed E-state index contributed by atoms with van der Waals surface area (Å²) in [7, 11) is 0. The van der Waals surface area contributed by atoms with Gasteiger partial charge in [0, 0.05) is 45.9 Å². The largest absolute Gasteiger partial charge is 0.455 e. The predicted molar refractivity (Wildman–Crippen MR) is 138 cm³/mol. The van der Waals surface area contributed by atoms with Gasteiger partial charge in [-0.15, -0.1) is 0 Å². The van der Waals surface area contributed by atoms with Crippen molar-refractivity contribution in [1.82, 2.24) is 14.4 Å². The SMILES string of the molecule is c1ccc2c(c1)oc1c2cc(-c2ccc(-c3cn4ccccc4n3)nc2)c2oc3ccccc3c21. The van der Waals surface area contributed by atoms with Crippen LogP contribution in [0.5, 0.6) is 0 Å². The first kappa shape index (κ1) is 18.5. The van der Waals surface area contributed by atoms with Gasteiger partial charge < -0.3 is 13.2 Å². The Bertz CT molecular complexity index is 2030. The first-order valence-electron chi connectivity index (χ1n) is 11.5. The van der Waals surface area contributed by atoms with E-state index in [1.807, 2.05) is 83.7 Å². The summed E-state index contributed by atoms with van der Waals surface area (Å²) in [6.07, 6.45) is 5.89. The molecule has 5 heterocycles. The number of hydrogen-bond acceptors (Lipinski definition) is 4. The van der Waals surface area contributed by atoms with Crippen LogP contribution in [0.3, 0.4) is 0 Å². The van der Waals surface area contributed by atoms with Gasteiger partial charge in [0.05, 0.1) is 11.1 Å². The third-order valence-electron chi connectivity index (χ3n) is 6.69. The molecule has 0 aliphatic heterocycles. The van der Waals surface area contributed by atoms with Crippen LogP contribution in [0.4, 0.5) is 0 Å². The Kier molecular flexibility index (Phi) is 3.60. The summed E-state index contributed by atoms with van der Waals surface area (Å²) in [4.78, 5) is 9.47. The maximum Gasteiger partial charge on any atom is 0.147 e. The number of hydrogen-bond donors (Lipinski definition) is 0. The van der Waals surface area contributed by atoms with Gasteiger partial charge in [0.1, 0.15) is 33.7 Å². The number of nitrogens with zero attached hydrogens (tertiary/aromatic N) is 3. The topological polar surface area (TPSA) is 56.5 Å². The van der Waals surface area contributed by atoms with Gasteiger partial charge in [0.2, 0.25) is 0 Å². The molecule has 5 heteroatoms. The second kappa shape index (κ2) is 6.81. The summed E-state index contributed by atoms with van der Waals surface area (Å²) < 4.78 is 14.7. The molecule has 0 atom stereocenters. The average Bonchev–Trinajstić information content (AvgIpc) is 3.61. The number of para-hydroxylation sites is 2. The predicted octanol–water partition coefficient (Wildman–Crippen LogP) is 7.86. The number of rotatable bonds is 2. The molecule has 35 heavy (non-hydrogen) atoms. The van der Waals surface area contributed by atoms with Crippen LogP contribution in [0.2, 0.25) is 0 Å². The third-order valence-corrected chi connectivity index (χ3v) is 6.69. The van der Waals surface area contributed by atoms with Crippen molar-refractivity contribution in [3.05, 3.63) is 104 Å². The molecule has 0 fully saturated rings.